The van der Waals surface area contributed by atoms with Gasteiger partial charge in [-0.25, -0.2) is 9.79 Å². The summed E-state index contributed by atoms with van der Waals surface area (Å²) in [5, 5.41) is 6.09. The summed E-state index contributed by atoms with van der Waals surface area (Å²) in [7, 11) is 0. The van der Waals surface area contributed by atoms with Crippen LogP contribution in [0.3, 0.4) is 0 Å². The molecule has 1 heterocycles. The van der Waals surface area contributed by atoms with Gasteiger partial charge in [-0.2, -0.15) is 0 Å². The van der Waals surface area contributed by atoms with Gasteiger partial charge in [0.25, 0.3) is 5.91 Å². The maximum absolute atomic E-state index is 13.5. The molecule has 6 nitrogen and oxygen atoms in total. The van der Waals surface area contributed by atoms with E-state index in [1.54, 1.807) is 24.5 Å². The lowest BCUT2D eigenvalue weighted by molar-refractivity contribution is -0.145. The molecule has 0 unspecified atom stereocenters. The average molecular weight is 519 g/mol. The number of benzene rings is 2. The van der Waals surface area contributed by atoms with Crippen LogP contribution < -0.4 is 10.1 Å². The Balaban J connectivity index is 1.49. The largest absolute Gasteiger partial charge is 0.481 e. The molecule has 0 saturated heterocycles. The van der Waals surface area contributed by atoms with E-state index < -0.39 is 5.97 Å². The maximum Gasteiger partial charge on any atom is 0.344 e. The van der Waals surface area contributed by atoms with E-state index in [2.05, 4.69) is 5.32 Å². The molecule has 37 heavy (non-hydrogen) atoms. The molecule has 2 aliphatic carbocycles. The van der Waals surface area contributed by atoms with Crippen LogP contribution in [0.5, 0.6) is 5.75 Å². The number of aryl methyl sites for hydroxylation is 1. The Kier molecular flexibility index (Phi) is 8.19. The third-order valence-corrected chi connectivity index (χ3v) is 8.41. The van der Waals surface area contributed by atoms with Gasteiger partial charge in [0.05, 0.1) is 12.2 Å². The average Bonchev–Trinajstić information content (AvgIpc) is 3.30. The molecule has 1 saturated carbocycles. The number of carbonyl (C=O) groups is 2. The molecule has 0 bridgehead atoms. The van der Waals surface area contributed by atoms with Gasteiger partial charge in [0.2, 0.25) is 0 Å². The molecule has 0 radical (unpaired) electrons. The molecule has 2 aliphatic rings. The van der Waals surface area contributed by atoms with Crippen molar-refractivity contribution in [1.29, 1.82) is 0 Å². The highest BCUT2D eigenvalue weighted by Crippen LogP contribution is 2.40. The molecule has 7 heteroatoms. The number of aliphatic imine (C=N–C) groups is 1. The molecule has 0 aliphatic heterocycles. The van der Waals surface area contributed by atoms with Crippen molar-refractivity contribution in [1.82, 2.24) is 5.32 Å². The monoisotopic (exact) mass is 518 g/mol. The Morgan fingerprint density at radius 2 is 1.86 bits per heavy atom. The van der Waals surface area contributed by atoms with E-state index in [4.69, 9.17) is 14.5 Å². The number of fused-ring (bicyclic) bond motifs is 2. The van der Waals surface area contributed by atoms with Gasteiger partial charge in [0, 0.05) is 22.7 Å². The molecule has 0 spiro atoms. The Hall–Kier alpha value is -3.19. The van der Waals surface area contributed by atoms with Gasteiger partial charge in [-0.3, -0.25) is 4.79 Å². The van der Waals surface area contributed by atoms with Crippen LogP contribution in [0, 0.1) is 0 Å². The molecule has 0 atom stereocenters. The van der Waals surface area contributed by atoms with Crippen molar-refractivity contribution in [2.45, 2.75) is 70.8 Å². The second-order valence-corrected chi connectivity index (χ2v) is 10.8. The fourth-order valence-electron chi connectivity index (χ4n) is 5.38. The number of hydrogen-bond donors (Lipinski definition) is 1. The lowest BCUT2D eigenvalue weighted by Gasteiger charge is -2.23. The SMILES string of the molecule is CCOC(=O)COc1ccc2ccccc2c1C=Nc1sc2c(c1C(=O)NC1CCCCC1)CCCC2. The van der Waals surface area contributed by atoms with E-state index >= 15 is 0 Å². The van der Waals surface area contributed by atoms with E-state index in [0.717, 1.165) is 65.4 Å². The molecule has 2 aromatic carbocycles. The highest BCUT2D eigenvalue weighted by Gasteiger charge is 2.27. The summed E-state index contributed by atoms with van der Waals surface area (Å²) in [6.07, 6.45) is 11.7. The first-order valence-corrected chi connectivity index (χ1v) is 14.3. The number of hydrogen-bond acceptors (Lipinski definition) is 6. The van der Waals surface area contributed by atoms with Crippen molar-refractivity contribution in [2.24, 2.45) is 4.99 Å². The highest BCUT2D eigenvalue weighted by atomic mass is 32.1. The van der Waals surface area contributed by atoms with Crippen LogP contribution in [0.2, 0.25) is 0 Å². The summed E-state index contributed by atoms with van der Waals surface area (Å²) < 4.78 is 10.9. The van der Waals surface area contributed by atoms with Crippen LogP contribution >= 0.6 is 11.3 Å². The van der Waals surface area contributed by atoms with Crippen LogP contribution in [0.4, 0.5) is 5.00 Å². The topological polar surface area (TPSA) is 77.0 Å². The molecule has 194 valence electrons. The first-order chi connectivity index (χ1) is 18.1. The van der Waals surface area contributed by atoms with E-state index in [9.17, 15) is 9.59 Å². The van der Waals surface area contributed by atoms with Gasteiger partial charge < -0.3 is 14.8 Å². The summed E-state index contributed by atoms with van der Waals surface area (Å²) in [5.74, 6) is 0.159. The Labute approximate surface area is 222 Å². The fourth-order valence-corrected chi connectivity index (χ4v) is 6.61. The predicted octanol–water partition coefficient (Wildman–Crippen LogP) is 6.54. The lowest BCUT2D eigenvalue weighted by Crippen LogP contribution is -2.36. The van der Waals surface area contributed by atoms with E-state index in [0.29, 0.717) is 12.4 Å². The Morgan fingerprint density at radius 1 is 1.05 bits per heavy atom. The van der Waals surface area contributed by atoms with Gasteiger partial charge in [-0.1, -0.05) is 49.6 Å². The predicted molar refractivity (Wildman–Crippen MR) is 149 cm³/mol. The van der Waals surface area contributed by atoms with Gasteiger partial charge in [0.1, 0.15) is 10.8 Å². The maximum atomic E-state index is 13.5. The normalized spacial score (nSPS) is 16.0. The van der Waals surface area contributed by atoms with Crippen molar-refractivity contribution >= 4 is 45.2 Å². The molecule has 5 rings (SSSR count). The number of amides is 1. The number of rotatable bonds is 8. The van der Waals surface area contributed by atoms with E-state index in [1.165, 1.54) is 29.7 Å². The summed E-state index contributed by atoms with van der Waals surface area (Å²) >= 11 is 1.63. The van der Waals surface area contributed by atoms with Gasteiger partial charge in [0.15, 0.2) is 6.61 Å². The number of nitrogens with zero attached hydrogens (tertiary/aromatic N) is 1. The Morgan fingerprint density at radius 3 is 2.70 bits per heavy atom. The number of esters is 1. The van der Waals surface area contributed by atoms with Crippen LogP contribution in [0.1, 0.15) is 78.2 Å². The second kappa shape index (κ2) is 11.9. The quantitative estimate of drug-likeness (QED) is 0.271. The van der Waals surface area contributed by atoms with E-state index in [-0.39, 0.29) is 18.6 Å². The van der Waals surface area contributed by atoms with Crippen LogP contribution in [0.25, 0.3) is 10.8 Å². The number of carbonyl (C=O) groups excluding carboxylic acids is 2. The first kappa shape index (κ1) is 25.5. The molecule has 1 fully saturated rings. The number of nitrogens with one attached hydrogen (secondary N) is 1. The van der Waals surface area contributed by atoms with Crippen molar-refractivity contribution in [3.8, 4) is 5.75 Å². The van der Waals surface area contributed by atoms with Crippen molar-refractivity contribution in [3.05, 3.63) is 58.0 Å². The van der Waals surface area contributed by atoms with Crippen LogP contribution in [-0.2, 0) is 22.4 Å². The molecular weight excluding hydrogens is 484 g/mol. The summed E-state index contributed by atoms with van der Waals surface area (Å²) in [5.41, 5.74) is 2.71. The highest BCUT2D eigenvalue weighted by molar-refractivity contribution is 7.16. The zero-order valence-corrected chi connectivity index (χ0v) is 22.2. The zero-order chi connectivity index (χ0) is 25.6. The smallest absolute Gasteiger partial charge is 0.344 e. The van der Waals surface area contributed by atoms with Gasteiger partial charge >= 0.3 is 5.97 Å². The molecule has 1 aromatic heterocycles. The number of thiophene rings is 1. The first-order valence-electron chi connectivity index (χ1n) is 13.4. The fraction of sp³-hybridized carbons (Fsp3) is 0.433. The molecule has 3 aromatic rings. The minimum atomic E-state index is -0.411. The summed E-state index contributed by atoms with van der Waals surface area (Å²) in [6, 6.07) is 12.1. The molecule has 1 N–H and O–H groups in total. The van der Waals surface area contributed by atoms with Crippen molar-refractivity contribution in [3.63, 3.8) is 0 Å². The van der Waals surface area contributed by atoms with Gasteiger partial charge in [-0.05, 0) is 67.9 Å². The van der Waals surface area contributed by atoms with Crippen molar-refractivity contribution < 1.29 is 19.1 Å². The lowest BCUT2D eigenvalue weighted by atomic mass is 9.93. The van der Waals surface area contributed by atoms with E-state index in [1.807, 2.05) is 36.4 Å². The molecule has 1 amide bonds. The van der Waals surface area contributed by atoms with Crippen molar-refractivity contribution in [2.75, 3.05) is 13.2 Å². The zero-order valence-electron chi connectivity index (χ0n) is 21.4. The van der Waals surface area contributed by atoms with Crippen LogP contribution in [-0.4, -0.2) is 37.3 Å². The molecular formula is C30H34N2O4S. The summed E-state index contributed by atoms with van der Waals surface area (Å²) in [4.78, 5) is 31.7. The number of ether oxygens (including phenoxy) is 2. The summed E-state index contributed by atoms with van der Waals surface area (Å²) in [6.45, 7) is 1.91. The minimum absolute atomic E-state index is 0.00940. The van der Waals surface area contributed by atoms with Crippen LogP contribution in [0.15, 0.2) is 41.4 Å². The third kappa shape index (κ3) is 5.87. The van der Waals surface area contributed by atoms with Gasteiger partial charge in [-0.15, -0.1) is 11.3 Å². The third-order valence-electron chi connectivity index (χ3n) is 7.21. The Bertz CT molecular complexity index is 1310. The standard InChI is InChI=1S/C30H34N2O4S/c1-2-35-27(33)19-36-25-17-16-20-10-6-7-13-22(20)24(25)18-31-30-28(23-14-8-9-15-26(23)37-30)29(34)32-21-11-4-3-5-12-21/h6-7,10,13,16-18,21H,2-5,8-9,11-12,14-15,19H2,1H3,(H,32,34). The minimum Gasteiger partial charge on any atom is -0.481 e. The second-order valence-electron chi connectivity index (χ2n) is 9.75.